The molecule has 2 aliphatic heterocycles. The summed E-state index contributed by atoms with van der Waals surface area (Å²) in [6.45, 7) is 4.63. The number of ether oxygens (including phenoxy) is 2. The minimum atomic E-state index is -3.89. The van der Waals surface area contributed by atoms with Crippen LogP contribution in [0.15, 0.2) is 83.4 Å². The molecule has 1 saturated heterocycles. The van der Waals surface area contributed by atoms with Crippen molar-refractivity contribution in [2.24, 2.45) is 0 Å². The lowest BCUT2D eigenvalue weighted by molar-refractivity contribution is 0.0241. The monoisotopic (exact) mass is 544 g/mol. The van der Waals surface area contributed by atoms with Gasteiger partial charge in [0.15, 0.2) is 0 Å². The van der Waals surface area contributed by atoms with Crippen LogP contribution < -0.4 is 9.04 Å². The van der Waals surface area contributed by atoms with Crippen LogP contribution in [0.4, 0.5) is 5.69 Å². The van der Waals surface area contributed by atoms with Crippen molar-refractivity contribution in [3.8, 4) is 5.75 Å². The molecule has 0 bridgehead atoms. The maximum Gasteiger partial charge on any atom is 0.268 e. The first-order valence-corrected chi connectivity index (χ1v) is 13.9. The fourth-order valence-electron chi connectivity index (χ4n) is 4.62. The molecule has 0 N–H and O–H groups in total. The normalized spacial score (nSPS) is 19.5. The van der Waals surface area contributed by atoms with Crippen molar-refractivity contribution < 1.29 is 17.9 Å². The van der Waals surface area contributed by atoms with E-state index in [0.717, 1.165) is 11.1 Å². The van der Waals surface area contributed by atoms with Crippen LogP contribution in [-0.4, -0.2) is 46.2 Å². The number of rotatable bonds is 6. The number of nitrogens with zero attached hydrogens (tertiary/aromatic N) is 2. The number of fused-ring (bicyclic) bond motifs is 1. The standard InChI is InChI=1S/C27H26Cl2N2O4S/c1-19-6-9-21(10-7-19)36(32,33)31-24-5-3-2-4-22(24)27(30-13-16-34-17-14-30)25(31)12-15-35-26-11-8-20(28)18-23(26)29/h2-12,18,27H,13-17H2,1H3/b25-12+/t27-/m0/s1. The van der Waals surface area contributed by atoms with E-state index in [2.05, 4.69) is 4.90 Å². The molecule has 1 atom stereocenters. The molecule has 0 unspecified atom stereocenters. The highest BCUT2D eigenvalue weighted by Gasteiger charge is 2.43. The van der Waals surface area contributed by atoms with Crippen LogP contribution in [0.5, 0.6) is 5.75 Å². The van der Waals surface area contributed by atoms with Crippen LogP contribution in [0.1, 0.15) is 17.2 Å². The van der Waals surface area contributed by atoms with E-state index in [1.165, 1.54) is 4.31 Å². The van der Waals surface area contributed by atoms with E-state index in [4.69, 9.17) is 32.7 Å². The van der Waals surface area contributed by atoms with Crippen molar-refractivity contribution >= 4 is 38.9 Å². The van der Waals surface area contributed by atoms with Gasteiger partial charge in [-0.3, -0.25) is 4.90 Å². The highest BCUT2D eigenvalue weighted by molar-refractivity contribution is 7.93. The summed E-state index contributed by atoms with van der Waals surface area (Å²) in [6.07, 6.45) is 1.83. The van der Waals surface area contributed by atoms with Gasteiger partial charge in [-0.25, -0.2) is 12.7 Å². The topological polar surface area (TPSA) is 59.1 Å². The number of para-hydroxylation sites is 1. The average Bonchev–Trinajstić information content (AvgIpc) is 3.21. The van der Waals surface area contributed by atoms with Gasteiger partial charge in [-0.05, 0) is 49.4 Å². The molecular formula is C27H26Cl2N2O4S. The highest BCUT2D eigenvalue weighted by atomic mass is 35.5. The van der Waals surface area contributed by atoms with Gasteiger partial charge in [-0.15, -0.1) is 0 Å². The molecule has 3 aromatic carbocycles. The fourth-order valence-corrected chi connectivity index (χ4v) is 6.65. The Morgan fingerprint density at radius 1 is 1.03 bits per heavy atom. The van der Waals surface area contributed by atoms with Gasteiger partial charge in [0, 0.05) is 23.7 Å². The van der Waals surface area contributed by atoms with Crippen molar-refractivity contribution in [1.82, 2.24) is 4.90 Å². The molecule has 36 heavy (non-hydrogen) atoms. The molecule has 1 fully saturated rings. The minimum Gasteiger partial charge on any atom is -0.488 e. The number of sulfonamides is 1. The van der Waals surface area contributed by atoms with Crippen molar-refractivity contribution in [3.63, 3.8) is 0 Å². The van der Waals surface area contributed by atoms with E-state index in [1.807, 2.05) is 49.4 Å². The first-order chi connectivity index (χ1) is 17.4. The van der Waals surface area contributed by atoms with E-state index >= 15 is 0 Å². The van der Waals surface area contributed by atoms with Gasteiger partial charge in [0.1, 0.15) is 12.4 Å². The average molecular weight is 545 g/mol. The van der Waals surface area contributed by atoms with E-state index in [1.54, 1.807) is 30.3 Å². The zero-order valence-electron chi connectivity index (χ0n) is 19.7. The van der Waals surface area contributed by atoms with Gasteiger partial charge >= 0.3 is 0 Å². The van der Waals surface area contributed by atoms with E-state index < -0.39 is 10.0 Å². The van der Waals surface area contributed by atoms with Gasteiger partial charge < -0.3 is 9.47 Å². The number of hydrogen-bond donors (Lipinski definition) is 0. The third-order valence-electron chi connectivity index (χ3n) is 6.36. The van der Waals surface area contributed by atoms with Crippen molar-refractivity contribution in [2.75, 3.05) is 37.2 Å². The molecule has 9 heteroatoms. The largest absolute Gasteiger partial charge is 0.488 e. The van der Waals surface area contributed by atoms with E-state index in [9.17, 15) is 8.42 Å². The minimum absolute atomic E-state index is 0.130. The van der Waals surface area contributed by atoms with Crippen LogP contribution >= 0.6 is 23.2 Å². The van der Waals surface area contributed by atoms with Gasteiger partial charge in [0.05, 0.1) is 40.6 Å². The molecule has 3 aromatic rings. The molecule has 0 aliphatic carbocycles. The maximum atomic E-state index is 14.0. The molecule has 0 spiro atoms. The van der Waals surface area contributed by atoms with Crippen LogP contribution in [0.25, 0.3) is 0 Å². The Morgan fingerprint density at radius 3 is 2.47 bits per heavy atom. The quantitative estimate of drug-likeness (QED) is 0.389. The summed E-state index contributed by atoms with van der Waals surface area (Å²) in [4.78, 5) is 2.49. The Labute approximate surface area is 221 Å². The SMILES string of the molecule is Cc1ccc(S(=O)(=O)N2/C(=C/COc3ccc(Cl)cc3Cl)[C@@H](N3CCOCC3)c3ccccc32)cc1. The Bertz CT molecular complexity index is 1390. The summed E-state index contributed by atoms with van der Waals surface area (Å²) in [7, 11) is -3.89. The maximum absolute atomic E-state index is 14.0. The first kappa shape index (κ1) is 25.1. The summed E-state index contributed by atoms with van der Waals surface area (Å²) >= 11 is 12.3. The van der Waals surface area contributed by atoms with Crippen LogP contribution in [-0.2, 0) is 14.8 Å². The predicted molar refractivity (Wildman–Crippen MR) is 142 cm³/mol. The third-order valence-corrected chi connectivity index (χ3v) is 8.65. The van der Waals surface area contributed by atoms with Crippen molar-refractivity contribution in [2.45, 2.75) is 17.9 Å². The molecule has 188 valence electrons. The lowest BCUT2D eigenvalue weighted by Gasteiger charge is -2.34. The number of halogens is 2. The summed E-state index contributed by atoms with van der Waals surface area (Å²) in [6, 6.07) is 19.3. The number of anilines is 1. The lowest BCUT2D eigenvalue weighted by atomic mass is 10.0. The molecule has 6 nitrogen and oxygen atoms in total. The summed E-state index contributed by atoms with van der Waals surface area (Å²) < 4.78 is 41.0. The van der Waals surface area contributed by atoms with Crippen molar-refractivity contribution in [3.05, 3.63) is 99.7 Å². The van der Waals surface area contributed by atoms with Gasteiger partial charge in [0.25, 0.3) is 10.0 Å². The third kappa shape index (κ3) is 4.86. The second kappa shape index (κ2) is 10.4. The molecule has 2 heterocycles. The fraction of sp³-hybridized carbons (Fsp3) is 0.259. The lowest BCUT2D eigenvalue weighted by Crippen LogP contribution is -2.41. The Balaban J connectivity index is 1.58. The van der Waals surface area contributed by atoms with Gasteiger partial charge in [-0.2, -0.15) is 0 Å². The smallest absolute Gasteiger partial charge is 0.268 e. The zero-order chi connectivity index (χ0) is 25.3. The zero-order valence-corrected chi connectivity index (χ0v) is 22.1. The van der Waals surface area contributed by atoms with E-state index in [-0.39, 0.29) is 17.5 Å². The molecule has 0 radical (unpaired) electrons. The molecule has 0 aromatic heterocycles. The van der Waals surface area contributed by atoms with Gasteiger partial charge in [0.2, 0.25) is 0 Å². The highest BCUT2D eigenvalue weighted by Crippen LogP contribution is 2.48. The predicted octanol–water partition coefficient (Wildman–Crippen LogP) is 5.85. The second-order valence-corrected chi connectivity index (χ2v) is 11.3. The van der Waals surface area contributed by atoms with Crippen LogP contribution in [0, 0.1) is 6.92 Å². The first-order valence-electron chi connectivity index (χ1n) is 11.7. The Morgan fingerprint density at radius 2 is 1.75 bits per heavy atom. The van der Waals surface area contributed by atoms with Crippen LogP contribution in [0.2, 0.25) is 10.0 Å². The molecule has 0 saturated carbocycles. The molecule has 5 rings (SSSR count). The van der Waals surface area contributed by atoms with Crippen molar-refractivity contribution in [1.29, 1.82) is 0 Å². The Hall–Kier alpha value is -2.55. The van der Waals surface area contributed by atoms with E-state index in [0.29, 0.717) is 53.5 Å². The summed E-state index contributed by atoms with van der Waals surface area (Å²) in [5, 5.41) is 0.907. The molecule has 0 amide bonds. The Kier molecular flexibility index (Phi) is 7.28. The number of aryl methyl sites for hydroxylation is 1. The molecular weight excluding hydrogens is 519 g/mol. The van der Waals surface area contributed by atoms with Crippen LogP contribution in [0.3, 0.4) is 0 Å². The summed E-state index contributed by atoms with van der Waals surface area (Å²) in [5.74, 6) is 0.476. The second-order valence-electron chi connectivity index (χ2n) is 8.71. The van der Waals surface area contributed by atoms with Gasteiger partial charge in [-0.1, -0.05) is 59.1 Å². The molecule has 2 aliphatic rings. The number of hydrogen-bond acceptors (Lipinski definition) is 5. The number of morpholine rings is 1. The number of benzene rings is 3. The summed E-state index contributed by atoms with van der Waals surface area (Å²) in [5.41, 5.74) is 3.20.